The molecule has 1 aromatic heterocycles. The first-order valence-electron chi connectivity index (χ1n) is 5.91. The van der Waals surface area contributed by atoms with Crippen molar-refractivity contribution in [2.24, 2.45) is 11.8 Å². The summed E-state index contributed by atoms with van der Waals surface area (Å²) in [6, 6.07) is 1.86. The van der Waals surface area contributed by atoms with Crippen LogP contribution in [0.2, 0.25) is 0 Å². The van der Waals surface area contributed by atoms with Crippen LogP contribution in [0.4, 0.5) is 11.6 Å². The van der Waals surface area contributed by atoms with Crippen LogP contribution < -0.4 is 16.2 Å². The van der Waals surface area contributed by atoms with E-state index in [1.807, 2.05) is 13.0 Å². The Kier molecular flexibility index (Phi) is 3.75. The normalized spacial score (nSPS) is 19.7. The van der Waals surface area contributed by atoms with Crippen LogP contribution in [0.1, 0.15) is 18.7 Å². The van der Waals surface area contributed by atoms with Gasteiger partial charge in [-0.25, -0.2) is 15.8 Å². The standard InChI is InChI=1S/C11H19N5O/c1-8-13-10(15-12)6-11(14-8)16-4-2-9(7-16)3-5-17/h6,9,17H,2-5,7,12H2,1H3,(H,13,14,15). The summed E-state index contributed by atoms with van der Waals surface area (Å²) < 4.78 is 0. The van der Waals surface area contributed by atoms with Crippen LogP contribution in [0.15, 0.2) is 6.07 Å². The molecule has 0 saturated carbocycles. The molecule has 0 radical (unpaired) electrons. The SMILES string of the molecule is Cc1nc(NN)cc(N2CCC(CCO)C2)n1. The van der Waals surface area contributed by atoms with E-state index in [1.54, 1.807) is 0 Å². The molecule has 17 heavy (non-hydrogen) atoms. The lowest BCUT2D eigenvalue weighted by atomic mass is 10.1. The number of nitrogens with one attached hydrogen (secondary N) is 1. The van der Waals surface area contributed by atoms with Gasteiger partial charge in [0, 0.05) is 25.8 Å². The number of aromatic nitrogens is 2. The number of hydrogen-bond donors (Lipinski definition) is 3. The van der Waals surface area contributed by atoms with Gasteiger partial charge in [-0.3, -0.25) is 0 Å². The van der Waals surface area contributed by atoms with Gasteiger partial charge in [-0.1, -0.05) is 0 Å². The maximum Gasteiger partial charge on any atom is 0.145 e. The van der Waals surface area contributed by atoms with Crippen molar-refractivity contribution in [2.75, 3.05) is 30.0 Å². The predicted octanol–water partition coefficient (Wildman–Crippen LogP) is 0.279. The van der Waals surface area contributed by atoms with Crippen LogP contribution in [-0.4, -0.2) is 34.8 Å². The number of aliphatic hydroxyl groups excluding tert-OH is 1. The van der Waals surface area contributed by atoms with Crippen molar-refractivity contribution in [3.8, 4) is 0 Å². The van der Waals surface area contributed by atoms with E-state index in [0.717, 1.165) is 31.7 Å². The van der Waals surface area contributed by atoms with Crippen LogP contribution in [0.5, 0.6) is 0 Å². The minimum absolute atomic E-state index is 0.261. The fourth-order valence-corrected chi connectivity index (χ4v) is 2.25. The Morgan fingerprint density at radius 2 is 2.41 bits per heavy atom. The zero-order valence-corrected chi connectivity index (χ0v) is 10.1. The molecule has 1 aromatic rings. The average molecular weight is 237 g/mol. The molecule has 0 bridgehead atoms. The zero-order chi connectivity index (χ0) is 12.3. The zero-order valence-electron chi connectivity index (χ0n) is 10.1. The molecule has 4 N–H and O–H groups in total. The van der Waals surface area contributed by atoms with Crippen LogP contribution >= 0.6 is 0 Å². The number of rotatable bonds is 4. The molecule has 1 fully saturated rings. The molecular weight excluding hydrogens is 218 g/mol. The highest BCUT2D eigenvalue weighted by Gasteiger charge is 2.23. The minimum Gasteiger partial charge on any atom is -0.396 e. The van der Waals surface area contributed by atoms with Gasteiger partial charge in [-0.15, -0.1) is 0 Å². The van der Waals surface area contributed by atoms with E-state index in [1.165, 1.54) is 0 Å². The number of anilines is 2. The first-order chi connectivity index (χ1) is 8.22. The highest BCUT2D eigenvalue weighted by Crippen LogP contribution is 2.25. The van der Waals surface area contributed by atoms with Crippen LogP contribution in [0.3, 0.4) is 0 Å². The fourth-order valence-electron chi connectivity index (χ4n) is 2.25. The third kappa shape index (κ3) is 2.83. The number of nitrogen functional groups attached to an aromatic ring is 1. The number of aliphatic hydroxyl groups is 1. The summed E-state index contributed by atoms with van der Waals surface area (Å²) in [7, 11) is 0. The number of hydrazine groups is 1. The number of nitrogens with two attached hydrogens (primary N) is 1. The topological polar surface area (TPSA) is 87.3 Å². The van der Waals surface area contributed by atoms with Gasteiger partial charge < -0.3 is 15.4 Å². The van der Waals surface area contributed by atoms with E-state index in [0.29, 0.717) is 17.6 Å². The van der Waals surface area contributed by atoms with Crippen molar-refractivity contribution >= 4 is 11.6 Å². The monoisotopic (exact) mass is 237 g/mol. The molecule has 6 heteroatoms. The Hall–Kier alpha value is -1.40. The fraction of sp³-hybridized carbons (Fsp3) is 0.636. The largest absolute Gasteiger partial charge is 0.396 e. The smallest absolute Gasteiger partial charge is 0.145 e. The third-order valence-corrected chi connectivity index (χ3v) is 3.12. The molecule has 1 aliphatic rings. The molecule has 2 rings (SSSR count). The van der Waals surface area contributed by atoms with E-state index in [4.69, 9.17) is 10.9 Å². The Bertz CT molecular complexity index is 384. The highest BCUT2D eigenvalue weighted by molar-refractivity contribution is 5.49. The van der Waals surface area contributed by atoms with Gasteiger partial charge >= 0.3 is 0 Å². The van der Waals surface area contributed by atoms with Crippen LogP contribution in [-0.2, 0) is 0 Å². The lowest BCUT2D eigenvalue weighted by Crippen LogP contribution is -2.22. The van der Waals surface area contributed by atoms with Crippen molar-refractivity contribution in [1.82, 2.24) is 9.97 Å². The van der Waals surface area contributed by atoms with Crippen molar-refractivity contribution in [1.29, 1.82) is 0 Å². The first-order valence-corrected chi connectivity index (χ1v) is 5.91. The van der Waals surface area contributed by atoms with Gasteiger partial charge in [0.25, 0.3) is 0 Å². The summed E-state index contributed by atoms with van der Waals surface area (Å²) in [4.78, 5) is 10.8. The highest BCUT2D eigenvalue weighted by atomic mass is 16.3. The number of aryl methyl sites for hydroxylation is 1. The second kappa shape index (κ2) is 5.29. The van der Waals surface area contributed by atoms with E-state index in [9.17, 15) is 0 Å². The van der Waals surface area contributed by atoms with Gasteiger partial charge in [0.05, 0.1) is 0 Å². The molecule has 0 spiro atoms. The maximum absolute atomic E-state index is 8.94. The summed E-state index contributed by atoms with van der Waals surface area (Å²) in [6.07, 6.45) is 1.97. The van der Waals surface area contributed by atoms with Gasteiger partial charge in [0.1, 0.15) is 17.5 Å². The maximum atomic E-state index is 8.94. The molecule has 1 aliphatic heterocycles. The lowest BCUT2D eigenvalue weighted by molar-refractivity contribution is 0.263. The molecule has 94 valence electrons. The number of nitrogens with zero attached hydrogens (tertiary/aromatic N) is 3. The third-order valence-electron chi connectivity index (χ3n) is 3.12. The molecule has 0 aliphatic carbocycles. The molecule has 0 aromatic carbocycles. The predicted molar refractivity (Wildman–Crippen MR) is 66.6 cm³/mol. The van der Waals surface area contributed by atoms with Crippen molar-refractivity contribution < 1.29 is 5.11 Å². The van der Waals surface area contributed by atoms with Crippen LogP contribution in [0, 0.1) is 12.8 Å². The van der Waals surface area contributed by atoms with E-state index in [2.05, 4.69) is 20.3 Å². The first kappa shape index (κ1) is 12.1. The van der Waals surface area contributed by atoms with Crippen molar-refractivity contribution in [2.45, 2.75) is 19.8 Å². The quantitative estimate of drug-likeness (QED) is 0.515. The van der Waals surface area contributed by atoms with Crippen molar-refractivity contribution in [3.05, 3.63) is 11.9 Å². The van der Waals surface area contributed by atoms with E-state index in [-0.39, 0.29) is 6.61 Å². The Labute approximate surface area is 101 Å². The van der Waals surface area contributed by atoms with Gasteiger partial charge in [0.15, 0.2) is 0 Å². The average Bonchev–Trinajstić information content (AvgIpc) is 2.77. The molecule has 1 unspecified atom stereocenters. The summed E-state index contributed by atoms with van der Waals surface area (Å²) >= 11 is 0. The van der Waals surface area contributed by atoms with Gasteiger partial charge in [-0.05, 0) is 25.7 Å². The lowest BCUT2D eigenvalue weighted by Gasteiger charge is -2.18. The summed E-state index contributed by atoms with van der Waals surface area (Å²) in [5, 5.41) is 8.94. The van der Waals surface area contributed by atoms with Crippen LogP contribution in [0.25, 0.3) is 0 Å². The summed E-state index contributed by atoms with van der Waals surface area (Å²) in [5.74, 6) is 8.18. The van der Waals surface area contributed by atoms with Crippen molar-refractivity contribution in [3.63, 3.8) is 0 Å². The van der Waals surface area contributed by atoms with E-state index < -0.39 is 0 Å². The minimum atomic E-state index is 0.261. The molecule has 2 heterocycles. The summed E-state index contributed by atoms with van der Waals surface area (Å²) in [5.41, 5.74) is 2.55. The summed E-state index contributed by atoms with van der Waals surface area (Å²) in [6.45, 7) is 4.04. The molecular formula is C11H19N5O. The van der Waals surface area contributed by atoms with Gasteiger partial charge in [-0.2, -0.15) is 0 Å². The molecule has 6 nitrogen and oxygen atoms in total. The molecule has 1 atom stereocenters. The van der Waals surface area contributed by atoms with E-state index >= 15 is 0 Å². The molecule has 0 amide bonds. The van der Waals surface area contributed by atoms with Gasteiger partial charge in [0.2, 0.25) is 0 Å². The Morgan fingerprint density at radius 3 is 3.12 bits per heavy atom. The second-order valence-electron chi connectivity index (χ2n) is 4.42. The Morgan fingerprint density at radius 1 is 1.59 bits per heavy atom. The number of hydrogen-bond acceptors (Lipinski definition) is 6. The second-order valence-corrected chi connectivity index (χ2v) is 4.42. The Balaban J connectivity index is 2.10. The molecule has 1 saturated heterocycles.